The van der Waals surface area contributed by atoms with Crippen molar-refractivity contribution in [2.45, 2.75) is 46.6 Å². The maximum atomic E-state index is 6.32. The monoisotopic (exact) mass is 291 g/mol. The van der Waals surface area contributed by atoms with Crippen molar-refractivity contribution in [1.82, 2.24) is 9.55 Å². The molecule has 0 saturated carbocycles. The van der Waals surface area contributed by atoms with Crippen LogP contribution in [0.15, 0.2) is 18.2 Å². The van der Waals surface area contributed by atoms with E-state index in [0.717, 1.165) is 40.0 Å². The molecule has 1 aromatic carbocycles. The number of halogens is 1. The first-order valence-electron chi connectivity index (χ1n) is 6.88. The van der Waals surface area contributed by atoms with E-state index in [4.69, 9.17) is 22.3 Å². The number of imidazole rings is 1. The summed E-state index contributed by atoms with van der Waals surface area (Å²) in [5.74, 6) is 1.74. The Morgan fingerprint density at radius 1 is 1.30 bits per heavy atom. The largest absolute Gasteiger partial charge is 0.383 e. The van der Waals surface area contributed by atoms with Crippen molar-refractivity contribution >= 4 is 17.4 Å². The summed E-state index contributed by atoms with van der Waals surface area (Å²) < 4.78 is 2.09. The summed E-state index contributed by atoms with van der Waals surface area (Å²) in [4.78, 5) is 4.81. The maximum Gasteiger partial charge on any atom is 0.131 e. The van der Waals surface area contributed by atoms with Crippen LogP contribution in [0.2, 0.25) is 5.02 Å². The Labute approximate surface area is 125 Å². The van der Waals surface area contributed by atoms with E-state index in [0.29, 0.717) is 0 Å². The number of anilines is 1. The second kappa shape index (κ2) is 5.13. The van der Waals surface area contributed by atoms with Crippen LogP contribution in [-0.2, 0) is 12.0 Å². The Morgan fingerprint density at radius 3 is 2.40 bits per heavy atom. The first-order chi connectivity index (χ1) is 9.25. The topological polar surface area (TPSA) is 43.8 Å². The number of benzene rings is 1. The molecule has 0 bridgehead atoms. The number of nitrogen functional groups attached to an aromatic ring is 1. The number of aryl methyl sites for hydroxylation is 1. The molecule has 4 heteroatoms. The Hall–Kier alpha value is -1.48. The summed E-state index contributed by atoms with van der Waals surface area (Å²) in [5.41, 5.74) is 9.27. The first kappa shape index (κ1) is 14.9. The van der Waals surface area contributed by atoms with Gasteiger partial charge in [-0.3, -0.25) is 0 Å². The minimum absolute atomic E-state index is 0.0390. The third-order valence-electron chi connectivity index (χ3n) is 3.44. The molecule has 0 aliphatic rings. The summed E-state index contributed by atoms with van der Waals surface area (Å²) in [6, 6.07) is 5.81. The second-order valence-corrected chi connectivity index (χ2v) is 6.56. The molecule has 108 valence electrons. The molecular formula is C16H22ClN3. The van der Waals surface area contributed by atoms with Gasteiger partial charge in [-0.15, -0.1) is 0 Å². The van der Waals surface area contributed by atoms with Crippen LogP contribution in [0.3, 0.4) is 0 Å². The molecule has 0 aliphatic carbocycles. The van der Waals surface area contributed by atoms with Crippen LogP contribution in [0.1, 0.15) is 39.1 Å². The lowest BCUT2D eigenvalue weighted by Crippen LogP contribution is -2.19. The summed E-state index contributed by atoms with van der Waals surface area (Å²) in [5, 5.41) is 0.732. The van der Waals surface area contributed by atoms with E-state index in [1.165, 1.54) is 0 Å². The molecule has 3 nitrogen and oxygen atoms in total. The molecule has 1 aromatic heterocycles. The molecule has 0 radical (unpaired) electrons. The van der Waals surface area contributed by atoms with Gasteiger partial charge in [-0.05, 0) is 31.5 Å². The number of nitrogens with two attached hydrogens (primary N) is 1. The highest BCUT2D eigenvalue weighted by Gasteiger charge is 2.25. The van der Waals surface area contributed by atoms with Crippen molar-refractivity contribution in [3.8, 4) is 11.3 Å². The zero-order valence-corrected chi connectivity index (χ0v) is 13.5. The van der Waals surface area contributed by atoms with Gasteiger partial charge in [0.15, 0.2) is 0 Å². The maximum absolute atomic E-state index is 6.32. The van der Waals surface area contributed by atoms with Crippen LogP contribution < -0.4 is 5.73 Å². The van der Waals surface area contributed by atoms with Crippen LogP contribution in [0.4, 0.5) is 5.82 Å². The summed E-state index contributed by atoms with van der Waals surface area (Å²) in [7, 11) is 0. The molecule has 0 saturated heterocycles. The van der Waals surface area contributed by atoms with Gasteiger partial charge in [-0.1, -0.05) is 38.4 Å². The van der Waals surface area contributed by atoms with Crippen LogP contribution in [-0.4, -0.2) is 9.55 Å². The van der Waals surface area contributed by atoms with Gasteiger partial charge in [-0.25, -0.2) is 4.98 Å². The van der Waals surface area contributed by atoms with Crippen LogP contribution in [0, 0.1) is 6.92 Å². The van der Waals surface area contributed by atoms with E-state index in [9.17, 15) is 0 Å². The zero-order valence-electron chi connectivity index (χ0n) is 12.8. The van der Waals surface area contributed by atoms with Gasteiger partial charge < -0.3 is 10.3 Å². The lowest BCUT2D eigenvalue weighted by Gasteiger charge is -2.19. The predicted molar refractivity (Wildman–Crippen MR) is 86.2 cm³/mol. The molecule has 0 atom stereocenters. The summed E-state index contributed by atoms with van der Waals surface area (Å²) in [6.45, 7) is 11.4. The fourth-order valence-corrected chi connectivity index (χ4v) is 2.68. The summed E-state index contributed by atoms with van der Waals surface area (Å²) in [6.07, 6.45) is 0. The standard InChI is InChI=1S/C16H22ClN3/c1-6-20-14(18)13(19-15(20)16(3,4)5)12-8-7-11(17)9-10(12)2/h7-9H,6,18H2,1-5H3. The molecule has 0 unspecified atom stereocenters. The highest BCUT2D eigenvalue weighted by Crippen LogP contribution is 2.34. The first-order valence-corrected chi connectivity index (χ1v) is 7.26. The van der Waals surface area contributed by atoms with E-state index < -0.39 is 0 Å². The van der Waals surface area contributed by atoms with E-state index in [2.05, 4.69) is 32.3 Å². The average Bonchev–Trinajstić information content (AvgIpc) is 2.66. The fourth-order valence-electron chi connectivity index (χ4n) is 2.45. The van der Waals surface area contributed by atoms with Gasteiger partial charge in [-0.2, -0.15) is 0 Å². The van der Waals surface area contributed by atoms with E-state index in [-0.39, 0.29) is 5.41 Å². The number of hydrogen-bond donors (Lipinski definition) is 1. The van der Waals surface area contributed by atoms with Crippen molar-refractivity contribution in [2.75, 3.05) is 5.73 Å². The van der Waals surface area contributed by atoms with Gasteiger partial charge in [0.1, 0.15) is 17.3 Å². The van der Waals surface area contributed by atoms with Crippen molar-refractivity contribution in [1.29, 1.82) is 0 Å². The molecule has 0 amide bonds. The molecule has 2 N–H and O–H groups in total. The highest BCUT2D eigenvalue weighted by molar-refractivity contribution is 6.30. The Bertz CT molecular complexity index is 636. The van der Waals surface area contributed by atoms with E-state index in [1.54, 1.807) is 0 Å². The minimum atomic E-state index is -0.0390. The van der Waals surface area contributed by atoms with Crippen molar-refractivity contribution < 1.29 is 0 Å². The second-order valence-electron chi connectivity index (χ2n) is 6.12. The zero-order chi connectivity index (χ0) is 15.1. The number of nitrogens with zero attached hydrogens (tertiary/aromatic N) is 2. The Balaban J connectivity index is 2.67. The third kappa shape index (κ3) is 2.55. The van der Waals surface area contributed by atoms with Crippen molar-refractivity contribution in [3.05, 3.63) is 34.6 Å². The number of rotatable bonds is 2. The van der Waals surface area contributed by atoms with E-state index >= 15 is 0 Å². The Kier molecular flexibility index (Phi) is 3.83. The molecule has 0 fully saturated rings. The van der Waals surface area contributed by atoms with E-state index in [1.807, 2.05) is 25.1 Å². The normalized spacial score (nSPS) is 11.9. The highest BCUT2D eigenvalue weighted by atomic mass is 35.5. The van der Waals surface area contributed by atoms with Gasteiger partial charge in [0, 0.05) is 22.5 Å². The molecule has 0 spiro atoms. The van der Waals surface area contributed by atoms with Crippen LogP contribution >= 0.6 is 11.6 Å². The average molecular weight is 292 g/mol. The van der Waals surface area contributed by atoms with Gasteiger partial charge in [0.25, 0.3) is 0 Å². The lowest BCUT2D eigenvalue weighted by molar-refractivity contribution is 0.508. The molecule has 2 rings (SSSR count). The molecule has 1 heterocycles. The predicted octanol–water partition coefficient (Wildman–Crippen LogP) is 4.41. The lowest BCUT2D eigenvalue weighted by atomic mass is 9.95. The molecule has 2 aromatic rings. The number of hydrogen-bond acceptors (Lipinski definition) is 2. The SMILES string of the molecule is CCn1c(C(C)(C)C)nc(-c2ccc(Cl)cc2C)c1N. The fraction of sp³-hybridized carbons (Fsp3) is 0.438. The molecular weight excluding hydrogens is 270 g/mol. The van der Waals surface area contributed by atoms with Gasteiger partial charge >= 0.3 is 0 Å². The van der Waals surface area contributed by atoms with Crippen LogP contribution in [0.5, 0.6) is 0 Å². The smallest absolute Gasteiger partial charge is 0.131 e. The quantitative estimate of drug-likeness (QED) is 0.890. The van der Waals surface area contributed by atoms with Gasteiger partial charge in [0.05, 0.1) is 0 Å². The molecule has 0 aliphatic heterocycles. The number of aromatic nitrogens is 2. The Morgan fingerprint density at radius 2 is 1.95 bits per heavy atom. The van der Waals surface area contributed by atoms with Crippen LogP contribution in [0.25, 0.3) is 11.3 Å². The minimum Gasteiger partial charge on any atom is -0.383 e. The van der Waals surface area contributed by atoms with Crippen molar-refractivity contribution in [3.63, 3.8) is 0 Å². The molecule has 20 heavy (non-hydrogen) atoms. The van der Waals surface area contributed by atoms with Gasteiger partial charge in [0.2, 0.25) is 0 Å². The van der Waals surface area contributed by atoms with Crippen molar-refractivity contribution in [2.24, 2.45) is 0 Å². The third-order valence-corrected chi connectivity index (χ3v) is 3.67. The summed E-state index contributed by atoms with van der Waals surface area (Å²) >= 11 is 6.02.